The summed E-state index contributed by atoms with van der Waals surface area (Å²) in [4.78, 5) is 22.4. The van der Waals surface area contributed by atoms with Crippen LogP contribution in [0.3, 0.4) is 0 Å². The Bertz CT molecular complexity index is 279. The fourth-order valence-electron chi connectivity index (χ4n) is 1.48. The smallest absolute Gasteiger partial charge is 0.237 e. The van der Waals surface area contributed by atoms with E-state index in [1.165, 1.54) is 0 Å². The van der Waals surface area contributed by atoms with Crippen molar-refractivity contribution in [1.82, 2.24) is 10.6 Å². The second-order valence-electron chi connectivity index (χ2n) is 4.55. The number of amides is 2. The third kappa shape index (κ3) is 4.70. The topological polar surface area (TPSA) is 93.5 Å². The maximum Gasteiger partial charge on any atom is 0.237 e. The second-order valence-corrected chi connectivity index (χ2v) is 4.55. The molecule has 0 heterocycles. The van der Waals surface area contributed by atoms with Crippen molar-refractivity contribution in [2.75, 3.05) is 20.7 Å². The highest BCUT2D eigenvalue weighted by Crippen LogP contribution is 2.23. The summed E-state index contributed by atoms with van der Waals surface area (Å²) in [6.07, 6.45) is 0. The predicted molar refractivity (Wildman–Crippen MR) is 65.3 cm³/mol. The molecule has 0 saturated carbocycles. The highest BCUT2D eigenvalue weighted by molar-refractivity contribution is 5.87. The van der Waals surface area contributed by atoms with Gasteiger partial charge in [0.2, 0.25) is 11.8 Å². The van der Waals surface area contributed by atoms with Crippen LogP contribution in [0, 0.1) is 5.92 Å². The molecule has 17 heavy (non-hydrogen) atoms. The fraction of sp³-hybridized carbons (Fsp3) is 0.818. The van der Waals surface area contributed by atoms with E-state index in [1.54, 1.807) is 14.2 Å². The number of carbonyl (C=O) groups excluding carboxylic acids is 2. The third-order valence-electron chi connectivity index (χ3n) is 3.15. The van der Waals surface area contributed by atoms with Crippen LogP contribution in [0.15, 0.2) is 0 Å². The van der Waals surface area contributed by atoms with Crippen molar-refractivity contribution in [3.63, 3.8) is 0 Å². The Kier molecular flexibility index (Phi) is 6.12. The predicted octanol–water partition coefficient (Wildman–Crippen LogP) is -0.763. The second kappa shape index (κ2) is 6.56. The first-order valence-corrected chi connectivity index (χ1v) is 5.54. The molecule has 6 nitrogen and oxygen atoms in total. The first kappa shape index (κ1) is 15.9. The van der Waals surface area contributed by atoms with Gasteiger partial charge in [0, 0.05) is 13.0 Å². The van der Waals surface area contributed by atoms with E-state index in [9.17, 15) is 9.59 Å². The number of primary amides is 1. The van der Waals surface area contributed by atoms with E-state index in [2.05, 4.69) is 10.6 Å². The van der Waals surface area contributed by atoms with Gasteiger partial charge in [-0.25, -0.2) is 0 Å². The first-order valence-electron chi connectivity index (χ1n) is 5.54. The zero-order valence-electron chi connectivity index (χ0n) is 11.2. The summed E-state index contributed by atoms with van der Waals surface area (Å²) in [7, 11) is 3.29. The highest BCUT2D eigenvalue weighted by atomic mass is 16.5. The number of carbonyl (C=O) groups is 2. The molecule has 0 radical (unpaired) electrons. The van der Waals surface area contributed by atoms with E-state index in [0.29, 0.717) is 0 Å². The van der Waals surface area contributed by atoms with Crippen molar-refractivity contribution in [2.45, 2.75) is 32.4 Å². The largest absolute Gasteiger partial charge is 0.378 e. The Morgan fingerprint density at radius 1 is 1.41 bits per heavy atom. The number of methoxy groups -OCH3 is 1. The molecule has 0 aromatic carbocycles. The highest BCUT2D eigenvalue weighted by Gasteiger charge is 2.35. The summed E-state index contributed by atoms with van der Waals surface area (Å²) in [5.41, 5.74) is 4.52. The van der Waals surface area contributed by atoms with Gasteiger partial charge in [0.1, 0.15) is 0 Å². The molecule has 0 aliphatic rings. The quantitative estimate of drug-likeness (QED) is 0.549. The van der Waals surface area contributed by atoms with Crippen molar-refractivity contribution in [3.8, 4) is 0 Å². The van der Waals surface area contributed by atoms with E-state index >= 15 is 0 Å². The first-order chi connectivity index (χ1) is 7.76. The van der Waals surface area contributed by atoms with Gasteiger partial charge in [-0.2, -0.15) is 0 Å². The van der Waals surface area contributed by atoms with E-state index in [-0.39, 0.29) is 18.4 Å². The molecule has 1 unspecified atom stereocenters. The van der Waals surface area contributed by atoms with Crippen LogP contribution in [0.2, 0.25) is 0 Å². The van der Waals surface area contributed by atoms with E-state index < -0.39 is 17.6 Å². The van der Waals surface area contributed by atoms with Gasteiger partial charge in [0.25, 0.3) is 0 Å². The van der Waals surface area contributed by atoms with Gasteiger partial charge in [-0.1, -0.05) is 6.92 Å². The van der Waals surface area contributed by atoms with E-state index in [0.717, 1.165) is 0 Å². The van der Waals surface area contributed by atoms with Crippen LogP contribution in [-0.2, 0) is 14.3 Å². The number of nitrogens with two attached hydrogens (primary N) is 1. The number of likely N-dealkylation sites (N-methyl/N-ethyl adjacent to an activating group) is 1. The van der Waals surface area contributed by atoms with Crippen LogP contribution in [0.5, 0.6) is 0 Å². The normalized spacial score (nSPS) is 15.1. The molecule has 2 amide bonds. The van der Waals surface area contributed by atoms with Crippen molar-refractivity contribution in [1.29, 1.82) is 0 Å². The number of rotatable bonds is 7. The van der Waals surface area contributed by atoms with Crippen LogP contribution in [-0.4, -0.2) is 44.2 Å². The lowest BCUT2D eigenvalue weighted by atomic mass is 9.85. The maximum absolute atomic E-state index is 11.8. The Balaban J connectivity index is 4.60. The van der Waals surface area contributed by atoms with Gasteiger partial charge in [-0.15, -0.1) is 0 Å². The Morgan fingerprint density at radius 3 is 2.29 bits per heavy atom. The van der Waals surface area contributed by atoms with Gasteiger partial charge >= 0.3 is 0 Å². The van der Waals surface area contributed by atoms with Crippen LogP contribution in [0.4, 0.5) is 0 Å². The van der Waals surface area contributed by atoms with Crippen LogP contribution in [0.25, 0.3) is 0 Å². The van der Waals surface area contributed by atoms with Crippen molar-refractivity contribution in [3.05, 3.63) is 0 Å². The van der Waals surface area contributed by atoms with Crippen LogP contribution in [0.1, 0.15) is 20.8 Å². The summed E-state index contributed by atoms with van der Waals surface area (Å²) in [5.74, 6) is -0.888. The van der Waals surface area contributed by atoms with E-state index in [1.807, 2.05) is 20.8 Å². The number of hydrogen-bond donors (Lipinski definition) is 3. The molecule has 6 heteroatoms. The van der Waals surface area contributed by atoms with Crippen molar-refractivity contribution in [2.24, 2.45) is 11.7 Å². The lowest BCUT2D eigenvalue weighted by molar-refractivity contribution is -0.130. The van der Waals surface area contributed by atoms with Crippen LogP contribution < -0.4 is 16.4 Å². The molecule has 2 atom stereocenters. The summed E-state index contributed by atoms with van der Waals surface area (Å²) in [6.45, 7) is 5.57. The molecule has 0 aromatic rings. The van der Waals surface area contributed by atoms with Gasteiger partial charge in [0.05, 0.1) is 18.2 Å². The standard InChI is InChI=1S/C11H23N3O3/c1-7(11(2,3)17-5)9(13-4)10(16)14-6-8(12)15/h7,9,13H,6H2,1-5H3,(H2,12,15)(H,14,16)/t7-,9?/m1/s1. The third-order valence-corrected chi connectivity index (χ3v) is 3.15. The molecule has 0 rings (SSSR count). The minimum atomic E-state index is -0.563. The average Bonchev–Trinajstić information content (AvgIpc) is 2.27. The van der Waals surface area contributed by atoms with Gasteiger partial charge in [0.15, 0.2) is 0 Å². The molecule has 0 aliphatic carbocycles. The SMILES string of the molecule is CNC(C(=O)NCC(N)=O)[C@@H](C)C(C)(C)OC. The van der Waals surface area contributed by atoms with E-state index in [4.69, 9.17) is 10.5 Å². The maximum atomic E-state index is 11.8. The van der Waals surface area contributed by atoms with Crippen LogP contribution >= 0.6 is 0 Å². The number of ether oxygens (including phenoxy) is 1. The average molecular weight is 245 g/mol. The van der Waals surface area contributed by atoms with Gasteiger partial charge in [-0.05, 0) is 20.9 Å². The molecule has 0 aliphatic heterocycles. The molecule has 4 N–H and O–H groups in total. The zero-order chi connectivity index (χ0) is 13.6. The minimum Gasteiger partial charge on any atom is -0.378 e. The number of nitrogens with one attached hydrogen (secondary N) is 2. The molecule has 0 fully saturated rings. The summed E-state index contributed by atoms with van der Waals surface area (Å²) < 4.78 is 5.35. The molecule has 0 spiro atoms. The molecule has 0 aromatic heterocycles. The summed E-state index contributed by atoms with van der Waals surface area (Å²) >= 11 is 0. The Labute approximate surface area is 102 Å². The Morgan fingerprint density at radius 2 is 1.94 bits per heavy atom. The molecular weight excluding hydrogens is 222 g/mol. The molecular formula is C11H23N3O3. The zero-order valence-corrected chi connectivity index (χ0v) is 11.2. The molecule has 100 valence electrons. The molecule has 0 bridgehead atoms. The summed E-state index contributed by atoms with van der Waals surface area (Å²) in [5, 5.41) is 5.40. The Hall–Kier alpha value is -1.14. The lowest BCUT2D eigenvalue weighted by Gasteiger charge is -2.35. The lowest BCUT2D eigenvalue weighted by Crippen LogP contribution is -2.54. The summed E-state index contributed by atoms with van der Waals surface area (Å²) in [6, 6.07) is -0.440. The monoisotopic (exact) mass is 245 g/mol. The van der Waals surface area contributed by atoms with Gasteiger partial charge in [-0.3, -0.25) is 9.59 Å². The number of hydrogen-bond acceptors (Lipinski definition) is 4. The van der Waals surface area contributed by atoms with Crippen molar-refractivity contribution < 1.29 is 14.3 Å². The fourth-order valence-corrected chi connectivity index (χ4v) is 1.48. The van der Waals surface area contributed by atoms with Gasteiger partial charge < -0.3 is 21.1 Å². The minimum absolute atomic E-state index is 0.0645. The van der Waals surface area contributed by atoms with Crippen molar-refractivity contribution >= 4 is 11.8 Å². The molecule has 0 saturated heterocycles.